The molecular weight excluding hydrogens is 186 g/mol. The molecule has 1 saturated heterocycles. The molecule has 2 heterocycles. The van der Waals surface area contributed by atoms with Gasteiger partial charge in [0, 0.05) is 18.4 Å². The minimum Gasteiger partial charge on any atom is -0.330 e. The molecule has 1 aromatic heterocycles. The zero-order valence-corrected chi connectivity index (χ0v) is 9.26. The Morgan fingerprint density at radius 1 is 1.60 bits per heavy atom. The molecule has 0 bridgehead atoms. The monoisotopic (exact) mass is 205 g/mol. The third-order valence-corrected chi connectivity index (χ3v) is 3.38. The van der Waals surface area contributed by atoms with Crippen LogP contribution >= 0.6 is 0 Å². The maximum atomic E-state index is 5.75. The summed E-state index contributed by atoms with van der Waals surface area (Å²) in [6.45, 7) is 1.95. The van der Waals surface area contributed by atoms with E-state index in [1.165, 1.54) is 18.4 Å². The van der Waals surface area contributed by atoms with Gasteiger partial charge in [0.1, 0.15) is 0 Å². The Morgan fingerprint density at radius 2 is 2.47 bits per heavy atom. The number of likely N-dealkylation sites (tertiary alicyclic amines) is 1. The Balaban J connectivity index is 2.13. The summed E-state index contributed by atoms with van der Waals surface area (Å²) in [5.74, 6) is 0.673. The Labute approximate surface area is 91.3 Å². The minimum atomic E-state index is 0.501. The molecule has 15 heavy (non-hydrogen) atoms. The lowest BCUT2D eigenvalue weighted by molar-refractivity contribution is 0.145. The number of pyridine rings is 1. The number of piperidine rings is 1. The van der Waals surface area contributed by atoms with Gasteiger partial charge in [-0.05, 0) is 50.5 Å². The average Bonchev–Trinajstić information content (AvgIpc) is 2.31. The Kier molecular flexibility index (Phi) is 3.34. The van der Waals surface area contributed by atoms with E-state index < -0.39 is 0 Å². The topological polar surface area (TPSA) is 42.1 Å². The van der Waals surface area contributed by atoms with Crippen LogP contribution in [0, 0.1) is 5.92 Å². The van der Waals surface area contributed by atoms with E-state index in [1.807, 2.05) is 18.5 Å². The second-order valence-electron chi connectivity index (χ2n) is 4.41. The second-order valence-corrected chi connectivity index (χ2v) is 4.41. The first-order valence-corrected chi connectivity index (χ1v) is 5.61. The molecule has 2 atom stereocenters. The number of rotatable bonds is 2. The largest absolute Gasteiger partial charge is 0.330 e. The SMILES string of the molecule is CN1CCC(CN)CC1c1cccnc1. The van der Waals surface area contributed by atoms with Crippen LogP contribution in [-0.4, -0.2) is 30.0 Å². The summed E-state index contributed by atoms with van der Waals surface area (Å²) in [5, 5.41) is 0. The van der Waals surface area contributed by atoms with Gasteiger partial charge in [-0.15, -0.1) is 0 Å². The predicted octanol–water partition coefficient (Wildman–Crippen LogP) is 1.42. The maximum Gasteiger partial charge on any atom is 0.0363 e. The van der Waals surface area contributed by atoms with E-state index in [1.54, 1.807) is 0 Å². The fraction of sp³-hybridized carbons (Fsp3) is 0.583. The predicted molar refractivity (Wildman–Crippen MR) is 61.4 cm³/mol. The highest BCUT2D eigenvalue weighted by Gasteiger charge is 2.26. The highest BCUT2D eigenvalue weighted by Crippen LogP contribution is 2.31. The van der Waals surface area contributed by atoms with Gasteiger partial charge in [0.2, 0.25) is 0 Å². The van der Waals surface area contributed by atoms with Gasteiger partial charge in [-0.25, -0.2) is 0 Å². The fourth-order valence-electron chi connectivity index (χ4n) is 2.33. The van der Waals surface area contributed by atoms with Gasteiger partial charge in [-0.3, -0.25) is 9.88 Å². The molecule has 1 aliphatic rings. The Morgan fingerprint density at radius 3 is 3.13 bits per heavy atom. The molecule has 2 unspecified atom stereocenters. The maximum absolute atomic E-state index is 5.75. The van der Waals surface area contributed by atoms with E-state index in [0.29, 0.717) is 12.0 Å². The van der Waals surface area contributed by atoms with Crippen LogP contribution in [0.5, 0.6) is 0 Å². The summed E-state index contributed by atoms with van der Waals surface area (Å²) in [6.07, 6.45) is 6.19. The van der Waals surface area contributed by atoms with Crippen molar-refractivity contribution in [2.24, 2.45) is 11.7 Å². The van der Waals surface area contributed by atoms with Crippen molar-refractivity contribution in [1.82, 2.24) is 9.88 Å². The standard InChI is InChI=1S/C12H19N3/c1-15-6-4-10(8-13)7-12(15)11-3-2-5-14-9-11/h2-3,5,9-10,12H,4,6-8,13H2,1H3. The Hall–Kier alpha value is -0.930. The van der Waals surface area contributed by atoms with Gasteiger partial charge in [0.25, 0.3) is 0 Å². The molecule has 0 aliphatic carbocycles. The van der Waals surface area contributed by atoms with Crippen LogP contribution in [0.1, 0.15) is 24.4 Å². The third-order valence-electron chi connectivity index (χ3n) is 3.38. The van der Waals surface area contributed by atoms with E-state index in [2.05, 4.69) is 23.0 Å². The van der Waals surface area contributed by atoms with Crippen LogP contribution < -0.4 is 5.73 Å². The van der Waals surface area contributed by atoms with Crippen LogP contribution in [0.15, 0.2) is 24.5 Å². The molecule has 1 aliphatic heterocycles. The summed E-state index contributed by atoms with van der Waals surface area (Å²) in [6, 6.07) is 4.67. The normalized spacial score (nSPS) is 27.9. The highest BCUT2D eigenvalue weighted by molar-refractivity contribution is 5.14. The first-order chi connectivity index (χ1) is 7.31. The molecule has 82 valence electrons. The zero-order valence-electron chi connectivity index (χ0n) is 9.26. The first-order valence-electron chi connectivity index (χ1n) is 5.61. The van der Waals surface area contributed by atoms with E-state index in [-0.39, 0.29) is 0 Å². The number of hydrogen-bond acceptors (Lipinski definition) is 3. The van der Waals surface area contributed by atoms with Crippen LogP contribution in [0.4, 0.5) is 0 Å². The molecular formula is C12H19N3. The number of aromatic nitrogens is 1. The van der Waals surface area contributed by atoms with Gasteiger partial charge in [0.05, 0.1) is 0 Å². The summed E-state index contributed by atoms with van der Waals surface area (Å²) < 4.78 is 0. The van der Waals surface area contributed by atoms with Crippen molar-refractivity contribution in [3.63, 3.8) is 0 Å². The molecule has 0 radical (unpaired) electrons. The van der Waals surface area contributed by atoms with Crippen molar-refractivity contribution in [1.29, 1.82) is 0 Å². The molecule has 3 heteroatoms. The minimum absolute atomic E-state index is 0.501. The Bertz CT molecular complexity index is 299. The van der Waals surface area contributed by atoms with E-state index >= 15 is 0 Å². The number of nitrogens with two attached hydrogens (primary N) is 1. The van der Waals surface area contributed by atoms with Crippen molar-refractivity contribution in [2.45, 2.75) is 18.9 Å². The molecule has 1 fully saturated rings. The summed E-state index contributed by atoms with van der Waals surface area (Å²) >= 11 is 0. The van der Waals surface area contributed by atoms with Crippen molar-refractivity contribution < 1.29 is 0 Å². The molecule has 0 aromatic carbocycles. The highest BCUT2D eigenvalue weighted by atomic mass is 15.1. The van der Waals surface area contributed by atoms with Gasteiger partial charge in [-0.1, -0.05) is 6.07 Å². The zero-order chi connectivity index (χ0) is 10.7. The third kappa shape index (κ3) is 2.36. The van der Waals surface area contributed by atoms with Crippen molar-refractivity contribution in [2.75, 3.05) is 20.1 Å². The first kappa shape index (κ1) is 10.6. The van der Waals surface area contributed by atoms with Crippen LogP contribution in [0.25, 0.3) is 0 Å². The summed E-state index contributed by atoms with van der Waals surface area (Å²) in [4.78, 5) is 6.59. The molecule has 0 spiro atoms. The lowest BCUT2D eigenvalue weighted by Crippen LogP contribution is -2.36. The van der Waals surface area contributed by atoms with E-state index in [4.69, 9.17) is 5.73 Å². The van der Waals surface area contributed by atoms with E-state index in [9.17, 15) is 0 Å². The summed E-state index contributed by atoms with van der Waals surface area (Å²) in [5.41, 5.74) is 7.07. The molecule has 2 rings (SSSR count). The van der Waals surface area contributed by atoms with Gasteiger partial charge in [0.15, 0.2) is 0 Å². The molecule has 3 nitrogen and oxygen atoms in total. The fourth-order valence-corrected chi connectivity index (χ4v) is 2.33. The lowest BCUT2D eigenvalue weighted by Gasteiger charge is -2.36. The van der Waals surface area contributed by atoms with Crippen LogP contribution in [0.3, 0.4) is 0 Å². The van der Waals surface area contributed by atoms with Crippen molar-refractivity contribution in [3.8, 4) is 0 Å². The average molecular weight is 205 g/mol. The van der Waals surface area contributed by atoms with Gasteiger partial charge >= 0.3 is 0 Å². The van der Waals surface area contributed by atoms with Crippen LogP contribution in [0.2, 0.25) is 0 Å². The van der Waals surface area contributed by atoms with Gasteiger partial charge < -0.3 is 5.73 Å². The van der Waals surface area contributed by atoms with Crippen molar-refractivity contribution in [3.05, 3.63) is 30.1 Å². The van der Waals surface area contributed by atoms with E-state index in [0.717, 1.165) is 13.1 Å². The number of nitrogens with zero attached hydrogens (tertiary/aromatic N) is 2. The van der Waals surface area contributed by atoms with Crippen LogP contribution in [-0.2, 0) is 0 Å². The van der Waals surface area contributed by atoms with Crippen molar-refractivity contribution >= 4 is 0 Å². The molecule has 0 amide bonds. The molecule has 0 saturated carbocycles. The second kappa shape index (κ2) is 4.73. The number of hydrogen-bond donors (Lipinski definition) is 1. The van der Waals surface area contributed by atoms with Gasteiger partial charge in [-0.2, -0.15) is 0 Å². The smallest absolute Gasteiger partial charge is 0.0363 e. The quantitative estimate of drug-likeness (QED) is 0.794. The summed E-state index contributed by atoms with van der Waals surface area (Å²) in [7, 11) is 2.18. The molecule has 2 N–H and O–H groups in total. The lowest BCUT2D eigenvalue weighted by atomic mass is 9.88. The molecule has 1 aromatic rings.